The molecule has 0 amide bonds. The summed E-state index contributed by atoms with van der Waals surface area (Å²) in [6.45, 7) is 0. The Hall–Kier alpha value is -6.60. The summed E-state index contributed by atoms with van der Waals surface area (Å²) >= 11 is 0. The number of benzene rings is 8. The van der Waals surface area contributed by atoms with E-state index >= 15 is 0 Å². The Morgan fingerprint density at radius 2 is 0.509 bits per heavy atom. The Balaban J connectivity index is 1.14. The van der Waals surface area contributed by atoms with Gasteiger partial charge in [0.15, 0.2) is 11.3 Å². The molecule has 57 heavy (non-hydrogen) atoms. The lowest BCUT2D eigenvalue weighted by atomic mass is 10.1. The quantitative estimate of drug-likeness (QED) is 0.116. The van der Waals surface area contributed by atoms with Crippen molar-refractivity contribution < 1.29 is 4.74 Å². The fourth-order valence-corrected chi connectivity index (χ4v) is 17.1. The second-order valence-electron chi connectivity index (χ2n) is 13.8. The van der Waals surface area contributed by atoms with Gasteiger partial charge < -0.3 is 4.74 Å². The van der Waals surface area contributed by atoms with Crippen molar-refractivity contribution in [2.45, 2.75) is 11.3 Å². The molecule has 0 saturated heterocycles. The van der Waals surface area contributed by atoms with Crippen molar-refractivity contribution in [3.05, 3.63) is 242 Å². The largest absolute Gasteiger partial charge is 0.457 e. The molecule has 8 aromatic carbocycles. The van der Waals surface area contributed by atoms with Gasteiger partial charge in [0.2, 0.25) is 0 Å². The van der Waals surface area contributed by atoms with Gasteiger partial charge in [0.1, 0.15) is 70.0 Å². The van der Waals surface area contributed by atoms with Crippen LogP contribution in [0.2, 0.25) is 0 Å². The van der Waals surface area contributed by atoms with Crippen LogP contribution in [0.5, 0.6) is 11.5 Å². The Labute approximate surface area is 336 Å². The maximum atomic E-state index is 11.1. The second-order valence-corrected chi connectivity index (χ2v) is 20.8. The predicted octanol–water partition coefficient (Wildman–Crippen LogP) is 10.6. The van der Waals surface area contributed by atoms with Crippen molar-refractivity contribution in [1.82, 2.24) is 0 Å². The minimum absolute atomic E-state index is 0.441. The van der Waals surface area contributed by atoms with E-state index in [1.54, 1.807) is 0 Å². The highest BCUT2D eigenvalue weighted by molar-refractivity contribution is 7.96. The Morgan fingerprint density at radius 3 is 0.702 bits per heavy atom. The van der Waals surface area contributed by atoms with Crippen LogP contribution in [-0.2, 0) is 0 Å². The molecule has 8 aromatic rings. The van der Waals surface area contributed by atoms with Gasteiger partial charge in [-0.25, -0.2) is 0 Å². The van der Waals surface area contributed by atoms with Crippen molar-refractivity contribution in [1.29, 1.82) is 10.5 Å². The molecule has 3 nitrogen and oxygen atoms in total. The van der Waals surface area contributed by atoms with Gasteiger partial charge in [-0.1, -0.05) is 133 Å². The molecule has 0 aromatic heterocycles. The van der Waals surface area contributed by atoms with E-state index in [1.807, 2.05) is 84.9 Å². The molecule has 0 saturated carbocycles. The Kier molecular flexibility index (Phi) is 11.2. The van der Waals surface area contributed by atoms with Crippen LogP contribution in [0.1, 0.15) is 22.4 Å². The summed E-state index contributed by atoms with van der Waals surface area (Å²) < 4.78 is 6.45. The lowest BCUT2D eigenvalue weighted by molar-refractivity contribution is 0.482. The normalized spacial score (nSPS) is 12.4. The van der Waals surface area contributed by atoms with Crippen molar-refractivity contribution >= 4 is 46.4 Å². The van der Waals surface area contributed by atoms with E-state index in [2.05, 4.69) is 158 Å². The van der Waals surface area contributed by atoms with Crippen molar-refractivity contribution in [3.8, 4) is 23.6 Å². The molecular formula is C52H40N2OP2+2. The minimum atomic E-state index is -2.49. The van der Waals surface area contributed by atoms with E-state index in [0.717, 1.165) is 43.0 Å². The van der Waals surface area contributed by atoms with Gasteiger partial charge in [0.05, 0.1) is 0 Å². The molecule has 0 radical (unpaired) electrons. The Morgan fingerprint density at radius 1 is 0.298 bits per heavy atom. The second kappa shape index (κ2) is 17.0. The summed E-state index contributed by atoms with van der Waals surface area (Å²) in [7, 11) is -4.98. The zero-order valence-corrected chi connectivity index (χ0v) is 33.1. The monoisotopic (exact) mass is 770 g/mol. The van der Waals surface area contributed by atoms with E-state index < -0.39 is 25.8 Å². The average Bonchev–Trinajstić information content (AvgIpc) is 3.30. The molecular weight excluding hydrogens is 731 g/mol. The molecule has 0 fully saturated rings. The Bertz CT molecular complexity index is 2210. The van der Waals surface area contributed by atoms with Crippen LogP contribution in [0.15, 0.2) is 231 Å². The van der Waals surface area contributed by atoms with Gasteiger partial charge in [-0.05, 0) is 97.1 Å². The van der Waals surface area contributed by atoms with Gasteiger partial charge in [0, 0.05) is 11.1 Å². The third kappa shape index (κ3) is 7.06. The van der Waals surface area contributed by atoms with Crippen LogP contribution in [-0.4, -0.2) is 0 Å². The van der Waals surface area contributed by atoms with Gasteiger partial charge in [0.25, 0.3) is 0 Å². The molecule has 0 aliphatic heterocycles. The van der Waals surface area contributed by atoms with Crippen LogP contribution in [0, 0.1) is 22.7 Å². The smallest absolute Gasteiger partial charge is 0.193 e. The van der Waals surface area contributed by atoms with Gasteiger partial charge in [-0.3, -0.25) is 0 Å². The predicted molar refractivity (Wildman–Crippen MR) is 240 cm³/mol. The first kappa shape index (κ1) is 37.3. The number of nitrogens with zero attached hydrogens (tertiary/aromatic N) is 2. The minimum Gasteiger partial charge on any atom is -0.457 e. The van der Waals surface area contributed by atoms with Crippen LogP contribution in [0.3, 0.4) is 0 Å². The van der Waals surface area contributed by atoms with Gasteiger partial charge in [-0.15, -0.1) is 0 Å². The van der Waals surface area contributed by atoms with Crippen LogP contribution >= 0.6 is 14.5 Å². The van der Waals surface area contributed by atoms with Crippen LogP contribution < -0.4 is 36.6 Å². The summed E-state index contributed by atoms with van der Waals surface area (Å²) in [5.41, 5.74) is 0.988. The van der Waals surface area contributed by atoms with E-state index in [0.29, 0.717) is 11.5 Å². The lowest BCUT2D eigenvalue weighted by Crippen LogP contribution is -2.34. The zero-order valence-electron chi connectivity index (χ0n) is 31.3. The van der Waals surface area contributed by atoms with Crippen molar-refractivity contribution in [2.24, 2.45) is 0 Å². The molecule has 272 valence electrons. The fourth-order valence-electron chi connectivity index (χ4n) is 8.11. The zero-order chi connectivity index (χ0) is 38.9. The molecule has 2 unspecified atom stereocenters. The fraction of sp³-hybridized carbons (Fsp3) is 0.0385. The summed E-state index contributed by atoms with van der Waals surface area (Å²) in [6.07, 6.45) is 0. The number of nitriles is 2. The van der Waals surface area contributed by atoms with Crippen LogP contribution in [0.4, 0.5) is 0 Å². The first-order chi connectivity index (χ1) is 28.2. The average molecular weight is 771 g/mol. The molecule has 0 heterocycles. The highest BCUT2D eigenvalue weighted by Gasteiger charge is 2.55. The summed E-state index contributed by atoms with van der Waals surface area (Å²) in [5, 5.41) is 29.1. The van der Waals surface area contributed by atoms with E-state index in [-0.39, 0.29) is 0 Å². The molecule has 0 bridgehead atoms. The number of ether oxygens (including phenoxy) is 1. The molecule has 2 atom stereocenters. The highest BCUT2D eigenvalue weighted by Crippen LogP contribution is 2.67. The molecule has 0 spiro atoms. The topological polar surface area (TPSA) is 56.8 Å². The van der Waals surface area contributed by atoms with E-state index in [9.17, 15) is 10.5 Å². The summed E-state index contributed by atoms with van der Waals surface area (Å²) in [6, 6.07) is 84.5. The molecule has 0 N–H and O–H groups in total. The number of hydrogen-bond acceptors (Lipinski definition) is 3. The maximum absolute atomic E-state index is 11.1. The molecule has 0 aliphatic carbocycles. The van der Waals surface area contributed by atoms with E-state index in [4.69, 9.17) is 4.74 Å². The lowest BCUT2D eigenvalue weighted by Gasteiger charge is -2.31. The number of rotatable bonds is 12. The first-order valence-corrected chi connectivity index (χ1v) is 22.7. The first-order valence-electron chi connectivity index (χ1n) is 19.0. The standard InChI is InChI=1S/C52H40N2OP2/c53-39-51(56(45-19-7-1-8-20-45,46-21-9-2-10-22-46)47-23-11-3-12-24-47)41-31-35-43(36-32-41)55-44-37-33-42(34-38-44)52(40-54)57(48-25-13-4-14-26-48,49-27-15-5-16-28-49)50-29-17-6-18-30-50/h1-38,51-52H/q+2. The number of hydrogen-bond donors (Lipinski definition) is 0. The van der Waals surface area contributed by atoms with Crippen molar-refractivity contribution in [3.63, 3.8) is 0 Å². The third-order valence-corrected chi connectivity index (χ3v) is 19.7. The SMILES string of the molecule is N#CC(c1ccc(Oc2ccc(C(C#N)[P+](c3ccccc3)(c3ccccc3)c3ccccc3)cc2)cc1)[P+](c1ccccc1)(c1ccccc1)c1ccccc1. The highest BCUT2D eigenvalue weighted by atomic mass is 31.2. The molecule has 5 heteroatoms. The third-order valence-electron chi connectivity index (χ3n) is 10.6. The summed E-state index contributed by atoms with van der Waals surface area (Å²) in [5.74, 6) is 1.34. The molecule has 8 rings (SSSR count). The maximum Gasteiger partial charge on any atom is 0.193 e. The van der Waals surface area contributed by atoms with Crippen molar-refractivity contribution in [2.75, 3.05) is 0 Å². The van der Waals surface area contributed by atoms with E-state index in [1.165, 1.54) is 0 Å². The van der Waals surface area contributed by atoms with Gasteiger partial charge in [-0.2, -0.15) is 10.5 Å². The summed E-state index contributed by atoms with van der Waals surface area (Å²) in [4.78, 5) is 0. The molecule has 0 aliphatic rings. The van der Waals surface area contributed by atoms with Crippen LogP contribution in [0.25, 0.3) is 0 Å². The van der Waals surface area contributed by atoms with Gasteiger partial charge >= 0.3 is 0 Å².